The van der Waals surface area contributed by atoms with E-state index in [2.05, 4.69) is 19.2 Å². The second kappa shape index (κ2) is 5.20. The predicted molar refractivity (Wildman–Crippen MR) is 57.0 cm³/mol. The van der Waals surface area contributed by atoms with E-state index in [0.29, 0.717) is 12.5 Å². The Balaban J connectivity index is 2.25. The van der Waals surface area contributed by atoms with Gasteiger partial charge in [0.1, 0.15) is 0 Å². The second-order valence-corrected chi connectivity index (χ2v) is 4.13. The number of urea groups is 1. The molecule has 82 valence electrons. The van der Waals surface area contributed by atoms with Crippen LogP contribution >= 0.6 is 0 Å². The normalized spacial score (nSPS) is 26.6. The summed E-state index contributed by atoms with van der Waals surface area (Å²) in [6.45, 7) is 6.46. The lowest BCUT2D eigenvalue weighted by atomic mass is 10.1. The molecule has 2 unspecified atom stereocenters. The van der Waals surface area contributed by atoms with Gasteiger partial charge < -0.3 is 16.0 Å². The average molecular weight is 199 g/mol. The van der Waals surface area contributed by atoms with Crippen molar-refractivity contribution in [1.29, 1.82) is 0 Å². The molecule has 4 heteroatoms. The van der Waals surface area contributed by atoms with E-state index in [4.69, 9.17) is 5.73 Å². The minimum absolute atomic E-state index is 0.0400. The molecular formula is C10H21N3O. The van der Waals surface area contributed by atoms with Crippen LogP contribution in [0.3, 0.4) is 0 Å². The van der Waals surface area contributed by atoms with Gasteiger partial charge in [-0.1, -0.05) is 20.3 Å². The van der Waals surface area contributed by atoms with Gasteiger partial charge in [-0.05, 0) is 12.3 Å². The maximum atomic E-state index is 11.6. The molecule has 1 saturated heterocycles. The summed E-state index contributed by atoms with van der Waals surface area (Å²) in [5, 5.41) is 2.90. The monoisotopic (exact) mass is 199 g/mol. The Morgan fingerprint density at radius 2 is 2.29 bits per heavy atom. The zero-order valence-electron chi connectivity index (χ0n) is 9.12. The number of hydrogen-bond acceptors (Lipinski definition) is 2. The standard InChI is InChI=1S/C10H21N3O/c1-3-4-5-12-10(14)13-6-8(2)9(11)7-13/h8-9H,3-7,11H2,1-2H3,(H,12,14). The molecule has 1 aliphatic rings. The molecule has 0 radical (unpaired) electrons. The fourth-order valence-corrected chi connectivity index (χ4v) is 1.64. The van der Waals surface area contributed by atoms with Crippen molar-refractivity contribution in [2.45, 2.75) is 32.7 Å². The number of rotatable bonds is 3. The first-order chi connectivity index (χ1) is 6.65. The highest BCUT2D eigenvalue weighted by Gasteiger charge is 2.29. The summed E-state index contributed by atoms with van der Waals surface area (Å²) in [6.07, 6.45) is 2.15. The minimum atomic E-state index is 0.0400. The molecule has 0 aliphatic carbocycles. The molecule has 0 aromatic heterocycles. The van der Waals surface area contributed by atoms with Gasteiger partial charge in [0.15, 0.2) is 0 Å². The van der Waals surface area contributed by atoms with Crippen LogP contribution < -0.4 is 11.1 Å². The van der Waals surface area contributed by atoms with E-state index >= 15 is 0 Å². The van der Waals surface area contributed by atoms with Crippen LogP contribution in [0.2, 0.25) is 0 Å². The molecule has 1 aliphatic heterocycles. The number of carbonyl (C=O) groups excluding carboxylic acids is 1. The largest absolute Gasteiger partial charge is 0.338 e. The highest BCUT2D eigenvalue weighted by Crippen LogP contribution is 2.13. The van der Waals surface area contributed by atoms with E-state index in [0.717, 1.165) is 25.9 Å². The topological polar surface area (TPSA) is 58.4 Å². The zero-order valence-corrected chi connectivity index (χ0v) is 9.12. The van der Waals surface area contributed by atoms with E-state index in [1.807, 2.05) is 4.90 Å². The van der Waals surface area contributed by atoms with Gasteiger partial charge in [-0.3, -0.25) is 0 Å². The van der Waals surface area contributed by atoms with Gasteiger partial charge in [-0.2, -0.15) is 0 Å². The summed E-state index contributed by atoms with van der Waals surface area (Å²) in [4.78, 5) is 13.4. The van der Waals surface area contributed by atoms with E-state index < -0.39 is 0 Å². The highest BCUT2D eigenvalue weighted by atomic mass is 16.2. The summed E-state index contributed by atoms with van der Waals surface area (Å²) in [5.74, 6) is 0.423. The number of nitrogens with zero attached hydrogens (tertiary/aromatic N) is 1. The number of nitrogens with two attached hydrogens (primary N) is 1. The summed E-state index contributed by atoms with van der Waals surface area (Å²) in [7, 11) is 0. The molecule has 0 spiro atoms. The molecule has 3 N–H and O–H groups in total. The molecule has 0 saturated carbocycles. The van der Waals surface area contributed by atoms with Crippen molar-refractivity contribution in [3.05, 3.63) is 0 Å². The zero-order chi connectivity index (χ0) is 10.6. The number of nitrogens with one attached hydrogen (secondary N) is 1. The number of hydrogen-bond donors (Lipinski definition) is 2. The van der Waals surface area contributed by atoms with Gasteiger partial charge in [0.2, 0.25) is 0 Å². The van der Waals surface area contributed by atoms with E-state index in [1.54, 1.807) is 0 Å². The van der Waals surface area contributed by atoms with Crippen molar-refractivity contribution in [3.63, 3.8) is 0 Å². The summed E-state index contributed by atoms with van der Waals surface area (Å²) >= 11 is 0. The molecule has 2 amide bonds. The molecule has 2 atom stereocenters. The van der Waals surface area contributed by atoms with Gasteiger partial charge in [0.05, 0.1) is 0 Å². The Labute approximate surface area is 85.8 Å². The average Bonchev–Trinajstić information content (AvgIpc) is 2.47. The SMILES string of the molecule is CCCCNC(=O)N1CC(C)C(N)C1. The molecule has 1 heterocycles. The highest BCUT2D eigenvalue weighted by molar-refractivity contribution is 5.74. The predicted octanol–water partition coefficient (Wildman–Crippen LogP) is 0.775. The maximum Gasteiger partial charge on any atom is 0.317 e. The smallest absolute Gasteiger partial charge is 0.317 e. The Bertz CT molecular complexity index is 186. The molecule has 0 bridgehead atoms. The van der Waals surface area contributed by atoms with Crippen molar-refractivity contribution in [2.24, 2.45) is 11.7 Å². The summed E-state index contributed by atoms with van der Waals surface area (Å²) in [5.41, 5.74) is 5.84. The number of carbonyl (C=O) groups is 1. The van der Waals surface area contributed by atoms with Crippen LogP contribution in [0, 0.1) is 5.92 Å². The van der Waals surface area contributed by atoms with Gasteiger partial charge in [-0.15, -0.1) is 0 Å². The second-order valence-electron chi connectivity index (χ2n) is 4.13. The lowest BCUT2D eigenvalue weighted by molar-refractivity contribution is 0.207. The van der Waals surface area contributed by atoms with Crippen LogP contribution in [0.25, 0.3) is 0 Å². The van der Waals surface area contributed by atoms with Crippen LogP contribution in [0.5, 0.6) is 0 Å². The molecule has 1 fully saturated rings. The Morgan fingerprint density at radius 3 is 2.79 bits per heavy atom. The van der Waals surface area contributed by atoms with Crippen LogP contribution in [-0.2, 0) is 0 Å². The van der Waals surface area contributed by atoms with Gasteiger partial charge in [0.25, 0.3) is 0 Å². The van der Waals surface area contributed by atoms with E-state index in [-0.39, 0.29) is 12.1 Å². The number of unbranched alkanes of at least 4 members (excludes halogenated alkanes) is 1. The molecule has 1 rings (SSSR count). The van der Waals surface area contributed by atoms with Crippen molar-refractivity contribution >= 4 is 6.03 Å². The van der Waals surface area contributed by atoms with Crippen molar-refractivity contribution < 1.29 is 4.79 Å². The van der Waals surface area contributed by atoms with Crippen molar-refractivity contribution in [3.8, 4) is 0 Å². The molecule has 14 heavy (non-hydrogen) atoms. The Morgan fingerprint density at radius 1 is 1.57 bits per heavy atom. The number of amides is 2. The molecular weight excluding hydrogens is 178 g/mol. The molecule has 4 nitrogen and oxygen atoms in total. The van der Waals surface area contributed by atoms with E-state index in [1.165, 1.54) is 0 Å². The fraction of sp³-hybridized carbons (Fsp3) is 0.900. The molecule has 0 aromatic carbocycles. The summed E-state index contributed by atoms with van der Waals surface area (Å²) in [6, 6.07) is 0.185. The van der Waals surface area contributed by atoms with Crippen LogP contribution in [0.15, 0.2) is 0 Å². The van der Waals surface area contributed by atoms with Crippen LogP contribution in [0.4, 0.5) is 4.79 Å². The molecule has 0 aromatic rings. The maximum absolute atomic E-state index is 11.6. The first-order valence-corrected chi connectivity index (χ1v) is 5.43. The fourth-order valence-electron chi connectivity index (χ4n) is 1.64. The number of likely N-dealkylation sites (tertiary alicyclic amines) is 1. The summed E-state index contributed by atoms with van der Waals surface area (Å²) < 4.78 is 0. The minimum Gasteiger partial charge on any atom is -0.338 e. The van der Waals surface area contributed by atoms with Gasteiger partial charge in [0, 0.05) is 25.7 Å². The van der Waals surface area contributed by atoms with Crippen LogP contribution in [0.1, 0.15) is 26.7 Å². The third kappa shape index (κ3) is 2.87. The third-order valence-electron chi connectivity index (χ3n) is 2.76. The Hall–Kier alpha value is -0.770. The third-order valence-corrected chi connectivity index (χ3v) is 2.76. The lowest BCUT2D eigenvalue weighted by Gasteiger charge is -2.16. The van der Waals surface area contributed by atoms with Crippen molar-refractivity contribution in [1.82, 2.24) is 10.2 Å². The van der Waals surface area contributed by atoms with Crippen LogP contribution in [-0.4, -0.2) is 36.6 Å². The Kier molecular flexibility index (Phi) is 4.20. The van der Waals surface area contributed by atoms with Crippen molar-refractivity contribution in [2.75, 3.05) is 19.6 Å². The lowest BCUT2D eigenvalue weighted by Crippen LogP contribution is -2.40. The first-order valence-electron chi connectivity index (χ1n) is 5.43. The quantitative estimate of drug-likeness (QED) is 0.660. The van der Waals surface area contributed by atoms with Gasteiger partial charge >= 0.3 is 6.03 Å². The first kappa shape index (κ1) is 11.3. The van der Waals surface area contributed by atoms with E-state index in [9.17, 15) is 4.79 Å². The van der Waals surface area contributed by atoms with Gasteiger partial charge in [-0.25, -0.2) is 4.79 Å².